The fourth-order valence-corrected chi connectivity index (χ4v) is 2.50. The average molecular weight is 280 g/mol. The van der Waals surface area contributed by atoms with Gasteiger partial charge in [-0.25, -0.2) is 0 Å². The highest BCUT2D eigenvalue weighted by Gasteiger charge is 2.19. The minimum absolute atomic E-state index is 0.110. The number of hydrogen-bond acceptors (Lipinski definition) is 4. The minimum Gasteiger partial charge on any atom is -0.480 e. The van der Waals surface area contributed by atoms with Crippen molar-refractivity contribution in [1.82, 2.24) is 4.90 Å². The predicted octanol–water partition coefficient (Wildman–Crippen LogP) is 0.887. The summed E-state index contributed by atoms with van der Waals surface area (Å²) in [5.74, 6) is -1.21. The number of nitrogens with one attached hydrogen (secondary N) is 1. The third-order valence-electron chi connectivity index (χ3n) is 2.58. The van der Waals surface area contributed by atoms with E-state index >= 15 is 0 Å². The van der Waals surface area contributed by atoms with Crippen molar-refractivity contribution >= 4 is 35.2 Å². The molecule has 0 bridgehead atoms. The zero-order chi connectivity index (χ0) is 14.0. The maximum absolute atomic E-state index is 12.0. The van der Waals surface area contributed by atoms with Crippen LogP contribution >= 0.6 is 11.8 Å². The Labute approximate surface area is 113 Å². The van der Waals surface area contributed by atoms with E-state index in [9.17, 15) is 14.4 Å². The Kier molecular flexibility index (Phi) is 3.75. The molecular weight excluding hydrogens is 268 g/mol. The molecule has 1 heterocycles. The number of carboxylic acids is 1. The molecule has 2 rings (SSSR count). The highest BCUT2D eigenvalue weighted by atomic mass is 32.2. The topological polar surface area (TPSA) is 86.7 Å². The van der Waals surface area contributed by atoms with Crippen molar-refractivity contribution in [3.63, 3.8) is 0 Å². The summed E-state index contributed by atoms with van der Waals surface area (Å²) in [5.41, 5.74) is 0.945. The van der Waals surface area contributed by atoms with Crippen LogP contribution in [0.5, 0.6) is 0 Å². The molecule has 0 aromatic heterocycles. The predicted molar refractivity (Wildman–Crippen MR) is 70.4 cm³/mol. The normalized spacial score (nSPS) is 13.4. The van der Waals surface area contributed by atoms with Crippen LogP contribution < -0.4 is 5.32 Å². The first-order valence-corrected chi connectivity index (χ1v) is 6.50. The Hall–Kier alpha value is -2.02. The maximum atomic E-state index is 12.0. The van der Waals surface area contributed by atoms with Crippen molar-refractivity contribution in [2.45, 2.75) is 4.90 Å². The molecule has 0 fully saturated rings. The fraction of sp³-hybridized carbons (Fsp3) is 0.250. The second-order valence-electron chi connectivity index (χ2n) is 4.10. The molecular formula is C12H12N2O4S. The summed E-state index contributed by atoms with van der Waals surface area (Å²) in [5, 5.41) is 11.3. The minimum atomic E-state index is -1.07. The van der Waals surface area contributed by atoms with Crippen LogP contribution in [0.1, 0.15) is 10.4 Å². The Morgan fingerprint density at radius 1 is 1.47 bits per heavy atom. The van der Waals surface area contributed by atoms with Crippen LogP contribution in [0.3, 0.4) is 0 Å². The molecule has 1 aliphatic heterocycles. The summed E-state index contributed by atoms with van der Waals surface area (Å²) < 4.78 is 0. The molecule has 6 nitrogen and oxygen atoms in total. The summed E-state index contributed by atoms with van der Waals surface area (Å²) in [6.45, 7) is -0.364. The first-order valence-electron chi connectivity index (χ1n) is 5.51. The van der Waals surface area contributed by atoms with Crippen molar-refractivity contribution in [2.75, 3.05) is 24.7 Å². The van der Waals surface area contributed by atoms with Crippen molar-refractivity contribution in [3.8, 4) is 0 Å². The second-order valence-corrected chi connectivity index (χ2v) is 5.12. The van der Waals surface area contributed by atoms with Gasteiger partial charge in [0.2, 0.25) is 5.91 Å². The van der Waals surface area contributed by atoms with Gasteiger partial charge in [-0.3, -0.25) is 14.4 Å². The number of anilines is 1. The molecule has 1 aromatic carbocycles. The smallest absolute Gasteiger partial charge is 0.323 e. The molecule has 0 unspecified atom stereocenters. The van der Waals surface area contributed by atoms with E-state index in [4.69, 9.17) is 5.11 Å². The number of aliphatic carboxylic acids is 1. The molecule has 0 aliphatic carbocycles. The lowest BCUT2D eigenvalue weighted by molar-refractivity contribution is -0.137. The van der Waals surface area contributed by atoms with Crippen LogP contribution in [0, 0.1) is 0 Å². The van der Waals surface area contributed by atoms with Crippen LogP contribution in [0.25, 0.3) is 0 Å². The molecule has 0 radical (unpaired) electrons. The Morgan fingerprint density at radius 2 is 2.21 bits per heavy atom. The number of likely N-dealkylation sites (N-methyl/N-ethyl adjacent to an activating group) is 1. The molecule has 0 saturated carbocycles. The van der Waals surface area contributed by atoms with E-state index in [1.165, 1.54) is 18.8 Å². The number of amides is 2. The van der Waals surface area contributed by atoms with Crippen LogP contribution in [0.15, 0.2) is 23.1 Å². The number of benzene rings is 1. The highest BCUT2D eigenvalue weighted by molar-refractivity contribution is 8.00. The number of rotatable bonds is 3. The molecule has 2 N–H and O–H groups in total. The summed E-state index contributed by atoms with van der Waals surface area (Å²) in [6.07, 6.45) is 0. The van der Waals surface area contributed by atoms with Gasteiger partial charge >= 0.3 is 5.97 Å². The maximum Gasteiger partial charge on any atom is 0.323 e. The Bertz CT molecular complexity index is 559. The van der Waals surface area contributed by atoms with Gasteiger partial charge in [0.1, 0.15) is 6.54 Å². The molecule has 0 atom stereocenters. The molecule has 7 heteroatoms. The van der Waals surface area contributed by atoms with Gasteiger partial charge in [0.05, 0.1) is 11.4 Å². The molecule has 2 amide bonds. The van der Waals surface area contributed by atoms with Crippen LogP contribution in [-0.4, -0.2) is 47.1 Å². The van der Waals surface area contributed by atoms with E-state index < -0.39 is 11.9 Å². The fourth-order valence-electron chi connectivity index (χ4n) is 1.71. The molecule has 19 heavy (non-hydrogen) atoms. The second kappa shape index (κ2) is 5.31. The van der Waals surface area contributed by atoms with Crippen LogP contribution in [0.4, 0.5) is 5.69 Å². The number of nitrogens with zero attached hydrogens (tertiary/aromatic N) is 1. The highest BCUT2D eigenvalue weighted by Crippen LogP contribution is 2.32. The van der Waals surface area contributed by atoms with Crippen molar-refractivity contribution in [1.29, 1.82) is 0 Å². The summed E-state index contributed by atoms with van der Waals surface area (Å²) in [7, 11) is 1.42. The lowest BCUT2D eigenvalue weighted by atomic mass is 10.1. The van der Waals surface area contributed by atoms with E-state index in [1.54, 1.807) is 18.2 Å². The van der Waals surface area contributed by atoms with E-state index in [1.807, 2.05) is 0 Å². The van der Waals surface area contributed by atoms with Crippen LogP contribution in [0.2, 0.25) is 0 Å². The van der Waals surface area contributed by atoms with Gasteiger partial charge in [-0.15, -0.1) is 11.8 Å². The Balaban J connectivity index is 2.21. The molecule has 0 spiro atoms. The van der Waals surface area contributed by atoms with E-state index in [2.05, 4.69) is 5.32 Å². The average Bonchev–Trinajstić information content (AvgIpc) is 2.36. The third-order valence-corrected chi connectivity index (χ3v) is 3.65. The van der Waals surface area contributed by atoms with Gasteiger partial charge in [0.25, 0.3) is 5.91 Å². The monoisotopic (exact) mass is 280 g/mol. The SMILES string of the molecule is CN(CC(=O)O)C(=O)c1ccc2c(c1)NC(=O)CS2. The third kappa shape index (κ3) is 3.05. The van der Waals surface area contributed by atoms with Crippen molar-refractivity contribution in [2.24, 2.45) is 0 Å². The first kappa shape index (κ1) is 13.4. The number of carbonyl (C=O) groups excluding carboxylic acids is 2. The summed E-state index contributed by atoms with van der Waals surface area (Å²) in [6, 6.07) is 4.95. The number of fused-ring (bicyclic) bond motifs is 1. The standard InChI is InChI=1S/C12H12N2O4S/c1-14(5-11(16)17)12(18)7-2-3-9-8(4-7)13-10(15)6-19-9/h2-4H,5-6H2,1H3,(H,13,15)(H,16,17). The van der Waals surface area contributed by atoms with Gasteiger partial charge in [-0.05, 0) is 18.2 Å². The summed E-state index contributed by atoms with van der Waals surface area (Å²) >= 11 is 1.41. The number of carboxylic acid groups (broad SMARTS) is 1. The zero-order valence-corrected chi connectivity index (χ0v) is 11.0. The van der Waals surface area contributed by atoms with Gasteiger partial charge in [-0.1, -0.05) is 0 Å². The van der Waals surface area contributed by atoms with Crippen LogP contribution in [-0.2, 0) is 9.59 Å². The first-order chi connectivity index (χ1) is 8.97. The number of thioether (sulfide) groups is 1. The van der Waals surface area contributed by atoms with Gasteiger partial charge < -0.3 is 15.3 Å². The lowest BCUT2D eigenvalue weighted by Gasteiger charge is -2.19. The lowest BCUT2D eigenvalue weighted by Crippen LogP contribution is -2.32. The van der Waals surface area contributed by atoms with Gasteiger partial charge in [0.15, 0.2) is 0 Å². The largest absolute Gasteiger partial charge is 0.480 e. The number of hydrogen-bond donors (Lipinski definition) is 2. The van der Waals surface area contributed by atoms with E-state index in [-0.39, 0.29) is 12.5 Å². The quantitative estimate of drug-likeness (QED) is 0.858. The molecule has 1 aromatic rings. The molecule has 0 saturated heterocycles. The van der Waals surface area contributed by atoms with E-state index in [0.717, 1.165) is 9.80 Å². The van der Waals surface area contributed by atoms with Crippen molar-refractivity contribution in [3.05, 3.63) is 23.8 Å². The van der Waals surface area contributed by atoms with E-state index in [0.29, 0.717) is 17.0 Å². The zero-order valence-electron chi connectivity index (χ0n) is 10.2. The van der Waals surface area contributed by atoms with Gasteiger partial charge in [-0.2, -0.15) is 0 Å². The Morgan fingerprint density at radius 3 is 2.89 bits per heavy atom. The van der Waals surface area contributed by atoms with Gasteiger partial charge in [0, 0.05) is 17.5 Å². The van der Waals surface area contributed by atoms with Crippen molar-refractivity contribution < 1.29 is 19.5 Å². The molecule has 1 aliphatic rings. The number of carbonyl (C=O) groups is 3. The molecule has 100 valence electrons. The summed E-state index contributed by atoms with van der Waals surface area (Å²) in [4.78, 5) is 35.9.